The van der Waals surface area contributed by atoms with E-state index in [1.54, 1.807) is 6.19 Å². The van der Waals surface area contributed by atoms with Crippen molar-refractivity contribution < 1.29 is 4.21 Å². The molecule has 3 nitrogen and oxygen atoms in total. The van der Waals surface area contributed by atoms with Crippen molar-refractivity contribution in [3.63, 3.8) is 0 Å². The first-order valence-corrected chi connectivity index (χ1v) is 5.96. The van der Waals surface area contributed by atoms with Crippen LogP contribution in [0.2, 0.25) is 0 Å². The maximum Gasteiger partial charge on any atom is 0.214 e. The molecule has 2 unspecified atom stereocenters. The third kappa shape index (κ3) is 1.61. The minimum absolute atomic E-state index is 0.136. The van der Waals surface area contributed by atoms with Gasteiger partial charge in [-0.15, -0.1) is 4.36 Å². The number of hydrogen-bond acceptors (Lipinski definition) is 3. The number of nitriles is 1. The molecule has 0 aromatic rings. The van der Waals surface area contributed by atoms with Gasteiger partial charge in [-0.2, -0.15) is 5.26 Å². The van der Waals surface area contributed by atoms with Gasteiger partial charge in [-0.25, -0.2) is 4.21 Å². The van der Waals surface area contributed by atoms with E-state index in [2.05, 4.69) is 4.36 Å². The Bertz CT molecular complexity index is 308. The Balaban J connectivity index is 3.00. The zero-order valence-corrected chi connectivity index (χ0v) is 8.30. The molecule has 1 fully saturated rings. The molecule has 12 heavy (non-hydrogen) atoms. The van der Waals surface area contributed by atoms with Crippen LogP contribution in [0.15, 0.2) is 4.36 Å². The molecule has 1 aliphatic heterocycles. The molecule has 0 aromatic carbocycles. The lowest BCUT2D eigenvalue weighted by Crippen LogP contribution is -2.21. The van der Waals surface area contributed by atoms with Gasteiger partial charge in [0.1, 0.15) is 0 Å². The van der Waals surface area contributed by atoms with E-state index in [1.165, 1.54) is 0 Å². The molecular weight excluding hydrogens is 172 g/mol. The van der Waals surface area contributed by atoms with E-state index in [0.717, 1.165) is 12.8 Å². The monoisotopic (exact) mass is 186 g/mol. The summed E-state index contributed by atoms with van der Waals surface area (Å²) in [7, 11) is -2.18. The van der Waals surface area contributed by atoms with E-state index in [0.29, 0.717) is 11.7 Å². The number of hydrogen-bond donors (Lipinski definition) is 0. The standard InChI is InChI=1S/C8H14N2OS/c1-7(2)8-4-3-5-12(8,11)10-6-9/h7-8H,3-5H2,1-2H3. The van der Waals surface area contributed by atoms with Crippen LogP contribution in [-0.2, 0) is 9.73 Å². The molecule has 0 spiro atoms. The quantitative estimate of drug-likeness (QED) is 0.586. The van der Waals surface area contributed by atoms with Crippen molar-refractivity contribution >= 4 is 9.73 Å². The average molecular weight is 186 g/mol. The lowest BCUT2D eigenvalue weighted by Gasteiger charge is -2.15. The Kier molecular flexibility index (Phi) is 2.73. The van der Waals surface area contributed by atoms with Gasteiger partial charge in [-0.05, 0) is 18.8 Å². The maximum absolute atomic E-state index is 12.0. The van der Waals surface area contributed by atoms with E-state index < -0.39 is 9.73 Å². The summed E-state index contributed by atoms with van der Waals surface area (Å²) in [6, 6.07) is 0. The summed E-state index contributed by atoms with van der Waals surface area (Å²) < 4.78 is 15.6. The first-order chi connectivity index (χ1) is 5.60. The summed E-state index contributed by atoms with van der Waals surface area (Å²) >= 11 is 0. The lowest BCUT2D eigenvalue weighted by atomic mass is 10.1. The van der Waals surface area contributed by atoms with Gasteiger partial charge in [0, 0.05) is 11.0 Å². The molecule has 0 radical (unpaired) electrons. The second-order valence-electron chi connectivity index (χ2n) is 3.51. The summed E-state index contributed by atoms with van der Waals surface area (Å²) in [5.41, 5.74) is 0. The van der Waals surface area contributed by atoms with Crippen molar-refractivity contribution in [2.75, 3.05) is 5.75 Å². The van der Waals surface area contributed by atoms with Crippen LogP contribution in [0.5, 0.6) is 0 Å². The highest BCUT2D eigenvalue weighted by molar-refractivity contribution is 7.94. The second kappa shape index (κ2) is 3.44. The largest absolute Gasteiger partial charge is 0.248 e. The van der Waals surface area contributed by atoms with E-state index in [1.807, 2.05) is 13.8 Å². The molecule has 0 aliphatic carbocycles. The summed E-state index contributed by atoms with van der Waals surface area (Å²) in [5.74, 6) is 0.987. The van der Waals surface area contributed by atoms with Crippen LogP contribution in [0.3, 0.4) is 0 Å². The second-order valence-corrected chi connectivity index (χ2v) is 6.09. The van der Waals surface area contributed by atoms with Crippen molar-refractivity contribution in [3.8, 4) is 6.19 Å². The van der Waals surface area contributed by atoms with Crippen LogP contribution >= 0.6 is 0 Å². The molecule has 68 valence electrons. The van der Waals surface area contributed by atoms with Crippen LogP contribution in [-0.4, -0.2) is 15.2 Å². The van der Waals surface area contributed by atoms with Crippen LogP contribution in [0.1, 0.15) is 26.7 Å². The SMILES string of the molecule is CC(C)C1CCCS1(=O)=NC#N. The molecule has 2 atom stereocenters. The Morgan fingerprint density at radius 1 is 1.67 bits per heavy atom. The van der Waals surface area contributed by atoms with Gasteiger partial charge in [0.15, 0.2) is 0 Å². The van der Waals surface area contributed by atoms with Crippen LogP contribution in [0.4, 0.5) is 0 Å². The summed E-state index contributed by atoms with van der Waals surface area (Å²) in [6.07, 6.45) is 3.60. The first kappa shape index (κ1) is 9.53. The van der Waals surface area contributed by atoms with E-state index in [4.69, 9.17) is 5.26 Å². The highest BCUT2D eigenvalue weighted by atomic mass is 32.2. The summed E-state index contributed by atoms with van der Waals surface area (Å²) in [6.45, 7) is 4.09. The molecule has 1 heterocycles. The molecule has 0 aromatic heterocycles. The average Bonchev–Trinajstić information content (AvgIpc) is 2.32. The molecule has 0 bridgehead atoms. The highest BCUT2D eigenvalue weighted by Gasteiger charge is 2.31. The molecule has 1 rings (SSSR count). The van der Waals surface area contributed by atoms with Crippen molar-refractivity contribution in [2.24, 2.45) is 10.3 Å². The molecular formula is C8H14N2OS. The zero-order chi connectivity index (χ0) is 9.19. The third-order valence-corrected chi connectivity index (χ3v) is 5.33. The summed E-state index contributed by atoms with van der Waals surface area (Å²) in [4.78, 5) is 0. The molecule has 0 saturated carbocycles. The van der Waals surface area contributed by atoms with Crippen LogP contribution < -0.4 is 0 Å². The molecule has 4 heteroatoms. The predicted molar refractivity (Wildman–Crippen MR) is 48.9 cm³/mol. The van der Waals surface area contributed by atoms with Crippen molar-refractivity contribution in [2.45, 2.75) is 31.9 Å². The zero-order valence-electron chi connectivity index (χ0n) is 7.49. The fourth-order valence-electron chi connectivity index (χ4n) is 1.77. The molecule has 0 amide bonds. The van der Waals surface area contributed by atoms with Gasteiger partial charge >= 0.3 is 0 Å². The number of nitrogens with zero attached hydrogens (tertiary/aromatic N) is 2. The van der Waals surface area contributed by atoms with E-state index in [-0.39, 0.29) is 5.25 Å². The van der Waals surface area contributed by atoms with Gasteiger partial charge in [-0.1, -0.05) is 13.8 Å². The topological polar surface area (TPSA) is 53.2 Å². The van der Waals surface area contributed by atoms with Gasteiger partial charge in [0.25, 0.3) is 0 Å². The van der Waals surface area contributed by atoms with Crippen molar-refractivity contribution in [3.05, 3.63) is 0 Å². The highest BCUT2D eigenvalue weighted by Crippen LogP contribution is 2.28. The minimum Gasteiger partial charge on any atom is -0.248 e. The fraction of sp³-hybridized carbons (Fsp3) is 0.875. The minimum atomic E-state index is -2.18. The number of rotatable bonds is 1. The lowest BCUT2D eigenvalue weighted by molar-refractivity contribution is 0.569. The van der Waals surface area contributed by atoms with Crippen molar-refractivity contribution in [1.82, 2.24) is 0 Å². The van der Waals surface area contributed by atoms with Crippen LogP contribution in [0.25, 0.3) is 0 Å². The van der Waals surface area contributed by atoms with Gasteiger partial charge in [0.05, 0.1) is 9.73 Å². The summed E-state index contributed by atoms with van der Waals surface area (Å²) in [5, 5.41) is 8.53. The Morgan fingerprint density at radius 2 is 2.33 bits per heavy atom. The third-order valence-electron chi connectivity index (χ3n) is 2.34. The van der Waals surface area contributed by atoms with Gasteiger partial charge in [0.2, 0.25) is 6.19 Å². The Morgan fingerprint density at radius 3 is 2.83 bits per heavy atom. The molecule has 1 aliphatic rings. The Labute approximate surface area is 74.0 Å². The van der Waals surface area contributed by atoms with Gasteiger partial charge < -0.3 is 0 Å². The van der Waals surface area contributed by atoms with Gasteiger partial charge in [-0.3, -0.25) is 0 Å². The molecule has 0 N–H and O–H groups in total. The fourth-order valence-corrected chi connectivity index (χ4v) is 4.40. The van der Waals surface area contributed by atoms with E-state index in [9.17, 15) is 4.21 Å². The van der Waals surface area contributed by atoms with Crippen molar-refractivity contribution in [1.29, 1.82) is 5.26 Å². The smallest absolute Gasteiger partial charge is 0.214 e. The Hall–Kier alpha value is -0.560. The van der Waals surface area contributed by atoms with E-state index >= 15 is 0 Å². The predicted octanol–water partition coefficient (Wildman–Crippen LogP) is 1.75. The maximum atomic E-state index is 12.0. The molecule has 1 saturated heterocycles. The van der Waals surface area contributed by atoms with Crippen LogP contribution in [0, 0.1) is 17.4 Å². The normalized spacial score (nSPS) is 35.0. The first-order valence-electron chi connectivity index (χ1n) is 4.22.